The van der Waals surface area contributed by atoms with Gasteiger partial charge in [-0.25, -0.2) is 8.42 Å². The highest BCUT2D eigenvalue weighted by Crippen LogP contribution is 2.22. The summed E-state index contributed by atoms with van der Waals surface area (Å²) < 4.78 is 32.8. The molecule has 4 rings (SSSR count). The van der Waals surface area contributed by atoms with Crippen LogP contribution >= 0.6 is 0 Å². The fourth-order valence-electron chi connectivity index (χ4n) is 4.07. The molecule has 0 atom stereocenters. The van der Waals surface area contributed by atoms with Gasteiger partial charge in [-0.15, -0.1) is 0 Å². The first-order valence-electron chi connectivity index (χ1n) is 10.7. The normalized spacial score (nSPS) is 18.6. The number of carbonyl (C=O) groups is 2. The Labute approximate surface area is 182 Å². The molecular weight excluding hydrogens is 418 g/mol. The first-order chi connectivity index (χ1) is 15.0. The minimum absolute atomic E-state index is 0.159. The Morgan fingerprint density at radius 1 is 0.774 bits per heavy atom. The predicted molar refractivity (Wildman–Crippen MR) is 114 cm³/mol. The van der Waals surface area contributed by atoms with Crippen molar-refractivity contribution in [3.05, 3.63) is 54.0 Å². The van der Waals surface area contributed by atoms with Crippen molar-refractivity contribution in [2.45, 2.75) is 30.6 Å². The number of amides is 2. The van der Waals surface area contributed by atoms with Crippen LogP contribution in [0.1, 0.15) is 46.6 Å². The van der Waals surface area contributed by atoms with E-state index in [1.165, 1.54) is 16.6 Å². The van der Waals surface area contributed by atoms with Gasteiger partial charge in [0, 0.05) is 44.8 Å². The van der Waals surface area contributed by atoms with Gasteiger partial charge in [0.1, 0.15) is 0 Å². The van der Waals surface area contributed by atoms with Gasteiger partial charge in [0.15, 0.2) is 5.76 Å². The van der Waals surface area contributed by atoms with Crippen molar-refractivity contribution in [3.8, 4) is 0 Å². The van der Waals surface area contributed by atoms with E-state index in [2.05, 4.69) is 0 Å². The van der Waals surface area contributed by atoms with Crippen molar-refractivity contribution in [1.82, 2.24) is 14.1 Å². The van der Waals surface area contributed by atoms with Crippen LogP contribution < -0.4 is 0 Å². The number of carbonyl (C=O) groups excluding carboxylic acids is 2. The van der Waals surface area contributed by atoms with Crippen LogP contribution in [0.4, 0.5) is 0 Å². The molecule has 0 spiro atoms. The minimum atomic E-state index is -3.62. The van der Waals surface area contributed by atoms with Crippen molar-refractivity contribution in [2.75, 3.05) is 39.3 Å². The second kappa shape index (κ2) is 9.23. The van der Waals surface area contributed by atoms with Gasteiger partial charge in [-0.1, -0.05) is 18.9 Å². The average Bonchev–Trinajstić information content (AvgIpc) is 3.20. The fraction of sp³-hybridized carbons (Fsp3) is 0.455. The fourth-order valence-corrected chi connectivity index (χ4v) is 5.64. The van der Waals surface area contributed by atoms with Crippen LogP contribution in [0.3, 0.4) is 0 Å². The third kappa shape index (κ3) is 4.67. The van der Waals surface area contributed by atoms with Gasteiger partial charge in [0.05, 0.1) is 11.2 Å². The predicted octanol–water partition coefficient (Wildman–Crippen LogP) is 2.44. The number of nitrogens with zero attached hydrogens (tertiary/aromatic N) is 3. The molecule has 0 saturated carbocycles. The summed E-state index contributed by atoms with van der Waals surface area (Å²) in [6.07, 6.45) is 5.26. The highest BCUT2D eigenvalue weighted by molar-refractivity contribution is 7.89. The molecule has 31 heavy (non-hydrogen) atoms. The van der Waals surface area contributed by atoms with Crippen LogP contribution in [0, 0.1) is 0 Å². The second-order valence-corrected chi connectivity index (χ2v) is 9.85. The summed E-state index contributed by atoms with van der Waals surface area (Å²) in [5, 5.41) is 0. The summed E-state index contributed by atoms with van der Waals surface area (Å²) in [6, 6.07) is 9.58. The Kier molecular flexibility index (Phi) is 6.43. The third-order valence-corrected chi connectivity index (χ3v) is 7.76. The van der Waals surface area contributed by atoms with Crippen molar-refractivity contribution >= 4 is 21.8 Å². The summed E-state index contributed by atoms with van der Waals surface area (Å²) in [6.45, 7) is 2.61. The highest BCUT2D eigenvalue weighted by Gasteiger charge is 2.29. The molecule has 2 aliphatic rings. The number of hydrogen-bond donors (Lipinski definition) is 0. The summed E-state index contributed by atoms with van der Waals surface area (Å²) in [5.74, 6) is -0.133. The van der Waals surface area contributed by atoms with Gasteiger partial charge in [0.25, 0.3) is 11.8 Å². The lowest BCUT2D eigenvalue weighted by atomic mass is 10.2. The van der Waals surface area contributed by atoms with E-state index in [0.717, 1.165) is 25.7 Å². The van der Waals surface area contributed by atoms with Gasteiger partial charge < -0.3 is 14.2 Å². The van der Waals surface area contributed by atoms with Crippen LogP contribution in [0.2, 0.25) is 0 Å². The van der Waals surface area contributed by atoms with E-state index in [9.17, 15) is 18.0 Å². The van der Waals surface area contributed by atoms with Crippen molar-refractivity contribution in [1.29, 1.82) is 0 Å². The molecule has 166 valence electrons. The molecule has 0 aliphatic carbocycles. The van der Waals surface area contributed by atoms with Crippen molar-refractivity contribution < 1.29 is 22.4 Å². The molecule has 8 nitrogen and oxygen atoms in total. The molecule has 2 fully saturated rings. The van der Waals surface area contributed by atoms with Crippen molar-refractivity contribution in [3.63, 3.8) is 0 Å². The van der Waals surface area contributed by atoms with E-state index >= 15 is 0 Å². The van der Waals surface area contributed by atoms with E-state index in [0.29, 0.717) is 44.8 Å². The molecular formula is C22H27N3O5S. The Hall–Kier alpha value is -2.65. The Morgan fingerprint density at radius 3 is 2.03 bits per heavy atom. The summed E-state index contributed by atoms with van der Waals surface area (Å²) in [7, 11) is -3.62. The maximum Gasteiger partial charge on any atom is 0.289 e. The van der Waals surface area contributed by atoms with Gasteiger partial charge in [-0.2, -0.15) is 4.31 Å². The molecule has 2 aromatic rings. The number of sulfonamides is 1. The molecule has 0 N–H and O–H groups in total. The van der Waals surface area contributed by atoms with Gasteiger partial charge in [-0.3, -0.25) is 9.59 Å². The third-order valence-electron chi connectivity index (χ3n) is 5.87. The molecule has 3 heterocycles. The zero-order chi connectivity index (χ0) is 21.8. The van der Waals surface area contributed by atoms with E-state index in [1.807, 2.05) is 0 Å². The minimum Gasteiger partial charge on any atom is -0.459 e. The van der Waals surface area contributed by atoms with Crippen LogP contribution in [0.15, 0.2) is 52.0 Å². The largest absolute Gasteiger partial charge is 0.459 e. The van der Waals surface area contributed by atoms with E-state index in [1.54, 1.807) is 40.1 Å². The molecule has 1 aromatic heterocycles. The van der Waals surface area contributed by atoms with Crippen LogP contribution in [0.25, 0.3) is 0 Å². The Balaban J connectivity index is 1.43. The molecule has 0 radical (unpaired) electrons. The Bertz CT molecular complexity index is 1020. The topological polar surface area (TPSA) is 91.1 Å². The first-order valence-corrected chi connectivity index (χ1v) is 12.1. The van der Waals surface area contributed by atoms with Gasteiger partial charge >= 0.3 is 0 Å². The molecule has 0 bridgehead atoms. The maximum absolute atomic E-state index is 13.1. The number of piperazine rings is 1. The summed E-state index contributed by atoms with van der Waals surface area (Å²) >= 11 is 0. The number of benzene rings is 1. The molecule has 1 aromatic carbocycles. The summed E-state index contributed by atoms with van der Waals surface area (Å²) in [5.41, 5.74) is 0.349. The molecule has 2 saturated heterocycles. The molecule has 2 aliphatic heterocycles. The van der Waals surface area contributed by atoms with Crippen LogP contribution in [0.5, 0.6) is 0 Å². The standard InChI is InChI=1S/C22H27N3O5S/c26-21(23-12-14-24(15-13-23)22(27)20-9-6-16-30-20)18-7-5-8-19(17-18)31(28,29)25-10-3-1-2-4-11-25/h5-9,16-17H,1-4,10-15H2. The van der Waals surface area contributed by atoms with E-state index in [-0.39, 0.29) is 22.5 Å². The maximum atomic E-state index is 13.1. The van der Waals surface area contributed by atoms with Gasteiger partial charge in [0.2, 0.25) is 10.0 Å². The number of rotatable bonds is 4. The highest BCUT2D eigenvalue weighted by atomic mass is 32.2. The lowest BCUT2D eigenvalue weighted by Gasteiger charge is -2.34. The SMILES string of the molecule is O=C(c1cccc(S(=O)(=O)N2CCCCCC2)c1)N1CCN(C(=O)c2ccco2)CC1. The first kappa shape index (κ1) is 21.6. The smallest absolute Gasteiger partial charge is 0.289 e. The number of furan rings is 1. The lowest BCUT2D eigenvalue weighted by molar-refractivity contribution is 0.0518. The molecule has 2 amide bonds. The van der Waals surface area contributed by atoms with Crippen LogP contribution in [-0.2, 0) is 10.0 Å². The molecule has 0 unspecified atom stereocenters. The van der Waals surface area contributed by atoms with E-state index < -0.39 is 10.0 Å². The molecule has 9 heteroatoms. The van der Waals surface area contributed by atoms with Gasteiger partial charge in [-0.05, 0) is 43.2 Å². The van der Waals surface area contributed by atoms with Crippen molar-refractivity contribution in [2.24, 2.45) is 0 Å². The monoisotopic (exact) mass is 445 g/mol. The average molecular weight is 446 g/mol. The summed E-state index contributed by atoms with van der Waals surface area (Å²) in [4.78, 5) is 28.9. The lowest BCUT2D eigenvalue weighted by Crippen LogP contribution is -2.50. The number of hydrogen-bond acceptors (Lipinski definition) is 5. The zero-order valence-corrected chi connectivity index (χ0v) is 18.2. The Morgan fingerprint density at radius 2 is 1.42 bits per heavy atom. The zero-order valence-electron chi connectivity index (χ0n) is 17.4. The second-order valence-electron chi connectivity index (χ2n) is 7.91. The van der Waals surface area contributed by atoms with E-state index in [4.69, 9.17) is 4.42 Å². The van der Waals surface area contributed by atoms with Crippen LogP contribution in [-0.4, -0.2) is 73.6 Å². The quantitative estimate of drug-likeness (QED) is 0.721.